The maximum absolute atomic E-state index is 13.0. The van der Waals surface area contributed by atoms with E-state index in [0.29, 0.717) is 5.75 Å². The molecule has 0 spiro atoms. The van der Waals surface area contributed by atoms with E-state index in [1.54, 1.807) is 0 Å². The van der Waals surface area contributed by atoms with Crippen molar-refractivity contribution in [3.63, 3.8) is 0 Å². The molecule has 5 nitrogen and oxygen atoms in total. The first-order valence-electron chi connectivity index (χ1n) is 6.64. The highest BCUT2D eigenvalue weighted by atomic mass is 32.2. The summed E-state index contributed by atoms with van der Waals surface area (Å²) < 4.78 is 62.2. The van der Waals surface area contributed by atoms with Crippen molar-refractivity contribution in [1.29, 1.82) is 0 Å². The maximum Gasteiger partial charge on any atom is 0.240 e. The summed E-state index contributed by atoms with van der Waals surface area (Å²) in [6.45, 7) is -0.0478. The SMILES string of the molecule is COc1ccc(S(=O)(=O)NCCOc2ccc(F)c(F)c2)cc1. The Kier molecular flexibility index (Phi) is 5.51. The fourth-order valence-electron chi connectivity index (χ4n) is 1.75. The van der Waals surface area contributed by atoms with Gasteiger partial charge in [-0.3, -0.25) is 0 Å². The molecule has 124 valence electrons. The molecular formula is C15H15F2NO4S. The fourth-order valence-corrected chi connectivity index (χ4v) is 2.76. The van der Waals surface area contributed by atoms with Crippen LogP contribution in [0.15, 0.2) is 47.4 Å². The van der Waals surface area contributed by atoms with Crippen LogP contribution in [0.3, 0.4) is 0 Å². The van der Waals surface area contributed by atoms with Gasteiger partial charge < -0.3 is 9.47 Å². The predicted molar refractivity (Wildman–Crippen MR) is 80.0 cm³/mol. The van der Waals surface area contributed by atoms with Crippen LogP contribution in [0, 0.1) is 11.6 Å². The molecule has 0 atom stereocenters. The summed E-state index contributed by atoms with van der Waals surface area (Å²) in [6.07, 6.45) is 0. The summed E-state index contributed by atoms with van der Waals surface area (Å²) in [5, 5.41) is 0. The van der Waals surface area contributed by atoms with E-state index in [1.807, 2.05) is 0 Å². The monoisotopic (exact) mass is 343 g/mol. The van der Waals surface area contributed by atoms with Gasteiger partial charge in [0.15, 0.2) is 11.6 Å². The smallest absolute Gasteiger partial charge is 0.240 e. The second-order valence-corrected chi connectivity index (χ2v) is 6.26. The number of hydrogen-bond donors (Lipinski definition) is 1. The number of sulfonamides is 1. The number of methoxy groups -OCH3 is 1. The third-order valence-corrected chi connectivity index (χ3v) is 4.40. The molecular weight excluding hydrogens is 328 g/mol. The van der Waals surface area contributed by atoms with Gasteiger partial charge in [-0.15, -0.1) is 0 Å². The molecule has 0 heterocycles. The normalized spacial score (nSPS) is 11.3. The van der Waals surface area contributed by atoms with Gasteiger partial charge in [0.1, 0.15) is 18.1 Å². The number of nitrogens with one attached hydrogen (secondary N) is 1. The highest BCUT2D eigenvalue weighted by Gasteiger charge is 2.13. The Morgan fingerprint density at radius 3 is 2.26 bits per heavy atom. The Morgan fingerprint density at radius 1 is 1.00 bits per heavy atom. The van der Waals surface area contributed by atoms with Crippen LogP contribution in [0.2, 0.25) is 0 Å². The van der Waals surface area contributed by atoms with Gasteiger partial charge in [0.25, 0.3) is 0 Å². The molecule has 0 aliphatic heterocycles. The minimum atomic E-state index is -3.67. The van der Waals surface area contributed by atoms with Gasteiger partial charge in [0.2, 0.25) is 10.0 Å². The molecule has 0 radical (unpaired) electrons. The van der Waals surface area contributed by atoms with Crippen LogP contribution >= 0.6 is 0 Å². The number of rotatable bonds is 7. The van der Waals surface area contributed by atoms with E-state index in [0.717, 1.165) is 12.1 Å². The van der Waals surface area contributed by atoms with Crippen LogP contribution in [0.25, 0.3) is 0 Å². The average Bonchev–Trinajstić information content (AvgIpc) is 2.55. The zero-order chi connectivity index (χ0) is 16.9. The molecule has 2 rings (SSSR count). The summed E-state index contributed by atoms with van der Waals surface area (Å²) in [5.74, 6) is -1.34. The number of hydrogen-bond acceptors (Lipinski definition) is 4. The zero-order valence-corrected chi connectivity index (χ0v) is 13.1. The molecule has 0 unspecified atom stereocenters. The molecule has 0 bridgehead atoms. The third kappa shape index (κ3) is 4.64. The Bertz CT molecular complexity index is 764. The van der Waals surface area contributed by atoms with Gasteiger partial charge in [0.05, 0.1) is 12.0 Å². The first-order chi connectivity index (χ1) is 10.9. The molecule has 2 aromatic carbocycles. The van der Waals surface area contributed by atoms with Gasteiger partial charge in [-0.2, -0.15) is 0 Å². The molecule has 0 aliphatic carbocycles. The van der Waals surface area contributed by atoms with Crippen LogP contribution < -0.4 is 14.2 Å². The minimum Gasteiger partial charge on any atom is -0.497 e. The number of halogens is 2. The molecule has 23 heavy (non-hydrogen) atoms. The molecule has 0 aromatic heterocycles. The van der Waals surface area contributed by atoms with Crippen molar-refractivity contribution in [3.05, 3.63) is 54.1 Å². The van der Waals surface area contributed by atoms with E-state index in [2.05, 4.69) is 4.72 Å². The summed E-state index contributed by atoms with van der Waals surface area (Å²) in [6, 6.07) is 8.99. The topological polar surface area (TPSA) is 64.6 Å². The fraction of sp³-hybridized carbons (Fsp3) is 0.200. The summed E-state index contributed by atoms with van der Waals surface area (Å²) >= 11 is 0. The second-order valence-electron chi connectivity index (χ2n) is 4.50. The van der Waals surface area contributed by atoms with Crippen LogP contribution in [0.4, 0.5) is 8.78 Å². The lowest BCUT2D eigenvalue weighted by Gasteiger charge is -2.09. The van der Waals surface area contributed by atoms with Gasteiger partial charge >= 0.3 is 0 Å². The highest BCUT2D eigenvalue weighted by molar-refractivity contribution is 7.89. The molecule has 0 aliphatic rings. The Balaban J connectivity index is 1.87. The summed E-state index contributed by atoms with van der Waals surface area (Å²) in [5.41, 5.74) is 0. The maximum atomic E-state index is 13.0. The third-order valence-electron chi connectivity index (χ3n) is 2.92. The van der Waals surface area contributed by atoms with E-state index in [9.17, 15) is 17.2 Å². The van der Waals surface area contributed by atoms with Crippen LogP contribution in [-0.2, 0) is 10.0 Å². The lowest BCUT2D eigenvalue weighted by atomic mass is 10.3. The number of ether oxygens (including phenoxy) is 2. The summed E-state index contributed by atoms with van der Waals surface area (Å²) in [4.78, 5) is 0.0890. The van der Waals surface area contributed by atoms with Crippen molar-refractivity contribution in [2.75, 3.05) is 20.3 Å². The quantitative estimate of drug-likeness (QED) is 0.784. The predicted octanol–water partition coefficient (Wildman–Crippen LogP) is 2.33. The van der Waals surface area contributed by atoms with Crippen molar-refractivity contribution in [2.24, 2.45) is 0 Å². The van der Waals surface area contributed by atoms with Crippen LogP contribution in [0.5, 0.6) is 11.5 Å². The van der Waals surface area contributed by atoms with E-state index >= 15 is 0 Å². The molecule has 0 saturated heterocycles. The van der Waals surface area contributed by atoms with Gasteiger partial charge in [-0.25, -0.2) is 21.9 Å². The molecule has 2 aromatic rings. The Morgan fingerprint density at radius 2 is 1.65 bits per heavy atom. The number of benzene rings is 2. The lowest BCUT2D eigenvalue weighted by Crippen LogP contribution is -2.28. The highest BCUT2D eigenvalue weighted by Crippen LogP contribution is 2.16. The first-order valence-corrected chi connectivity index (χ1v) is 8.12. The van der Waals surface area contributed by atoms with Crippen molar-refractivity contribution in [3.8, 4) is 11.5 Å². The molecule has 0 fully saturated rings. The van der Waals surface area contributed by atoms with Crippen molar-refractivity contribution >= 4 is 10.0 Å². The molecule has 8 heteroatoms. The molecule has 1 N–H and O–H groups in total. The second kappa shape index (κ2) is 7.38. The van der Waals surface area contributed by atoms with Crippen LogP contribution in [0.1, 0.15) is 0 Å². The summed E-state index contributed by atoms with van der Waals surface area (Å²) in [7, 11) is -2.19. The van der Waals surface area contributed by atoms with Gasteiger partial charge in [-0.05, 0) is 36.4 Å². The Hall–Kier alpha value is -2.19. The first kappa shape index (κ1) is 17.2. The van der Waals surface area contributed by atoms with E-state index in [4.69, 9.17) is 9.47 Å². The lowest BCUT2D eigenvalue weighted by molar-refractivity contribution is 0.319. The van der Waals surface area contributed by atoms with E-state index in [-0.39, 0.29) is 23.8 Å². The Labute approximate surface area is 132 Å². The molecule has 0 saturated carbocycles. The van der Waals surface area contributed by atoms with E-state index in [1.165, 1.54) is 37.4 Å². The van der Waals surface area contributed by atoms with Crippen molar-refractivity contribution < 1.29 is 26.7 Å². The van der Waals surface area contributed by atoms with Crippen LogP contribution in [-0.4, -0.2) is 28.7 Å². The molecule has 0 amide bonds. The van der Waals surface area contributed by atoms with Gasteiger partial charge in [0, 0.05) is 12.6 Å². The average molecular weight is 343 g/mol. The van der Waals surface area contributed by atoms with Crippen molar-refractivity contribution in [1.82, 2.24) is 4.72 Å². The van der Waals surface area contributed by atoms with Crippen molar-refractivity contribution in [2.45, 2.75) is 4.90 Å². The van der Waals surface area contributed by atoms with Gasteiger partial charge in [-0.1, -0.05) is 0 Å². The largest absolute Gasteiger partial charge is 0.497 e. The zero-order valence-electron chi connectivity index (χ0n) is 12.3. The minimum absolute atomic E-state index is 0.0205. The van der Waals surface area contributed by atoms with E-state index < -0.39 is 21.7 Å². The standard InChI is InChI=1S/C15H15F2NO4S/c1-21-11-2-5-13(6-3-11)23(19,20)18-8-9-22-12-4-7-14(16)15(17)10-12/h2-7,10,18H,8-9H2,1H3.